The van der Waals surface area contributed by atoms with Gasteiger partial charge < -0.3 is 9.47 Å². The maximum Gasteiger partial charge on any atom is 0.243 e. The molecule has 3 aromatic rings. The number of benzene rings is 2. The Balaban J connectivity index is 1.22. The molecule has 0 aliphatic carbocycles. The molecule has 2 aromatic carbocycles. The number of hydrogen-bond acceptors (Lipinski definition) is 9. The number of tetrazole rings is 1. The summed E-state index contributed by atoms with van der Waals surface area (Å²) in [5.41, 5.74) is 0.797. The maximum atomic E-state index is 13.3. The second kappa shape index (κ2) is 10.2. The Labute approximate surface area is 209 Å². The third-order valence-electron chi connectivity index (χ3n) is 6.21. The largest absolute Gasteiger partial charge is 0.490 e. The number of nitrogens with zero attached hydrogens (tertiary/aromatic N) is 6. The van der Waals surface area contributed by atoms with Crippen LogP contribution in [0.4, 0.5) is 0 Å². The third-order valence-corrected chi connectivity index (χ3v) is 9.99. The molecule has 0 unspecified atom stereocenters. The predicted octanol–water partition coefficient (Wildman–Crippen LogP) is 0.915. The fourth-order valence-corrected chi connectivity index (χ4v) is 7.27. The molecule has 2 fully saturated rings. The average molecular weight is 535 g/mol. The summed E-state index contributed by atoms with van der Waals surface area (Å²) in [6.45, 7) is 1.67. The minimum absolute atomic E-state index is 0.0330. The topological polar surface area (TPSA) is 137 Å². The highest BCUT2D eigenvalue weighted by Crippen LogP contribution is 2.26. The van der Waals surface area contributed by atoms with E-state index in [2.05, 4.69) is 15.5 Å². The molecule has 0 radical (unpaired) electrons. The minimum Gasteiger partial charge on any atom is -0.490 e. The van der Waals surface area contributed by atoms with E-state index >= 15 is 0 Å². The molecule has 1 aromatic heterocycles. The van der Waals surface area contributed by atoms with Gasteiger partial charge in [0.1, 0.15) is 18.2 Å². The van der Waals surface area contributed by atoms with Crippen molar-refractivity contribution in [1.29, 1.82) is 0 Å². The molecule has 5 rings (SSSR count). The quantitative estimate of drug-likeness (QED) is 0.433. The molecule has 0 atom stereocenters. The Morgan fingerprint density at radius 1 is 0.833 bits per heavy atom. The van der Waals surface area contributed by atoms with Crippen LogP contribution < -0.4 is 4.74 Å². The van der Waals surface area contributed by atoms with Crippen LogP contribution in [0.25, 0.3) is 5.69 Å². The molecule has 0 bridgehead atoms. The first-order valence-electron chi connectivity index (χ1n) is 11.5. The van der Waals surface area contributed by atoms with Crippen molar-refractivity contribution < 1.29 is 26.3 Å². The van der Waals surface area contributed by atoms with E-state index in [-0.39, 0.29) is 42.1 Å². The van der Waals surface area contributed by atoms with Crippen molar-refractivity contribution in [3.05, 3.63) is 54.9 Å². The average Bonchev–Trinajstić information content (AvgIpc) is 3.45. The molecule has 36 heavy (non-hydrogen) atoms. The molecule has 3 heterocycles. The summed E-state index contributed by atoms with van der Waals surface area (Å²) >= 11 is 0. The maximum absolute atomic E-state index is 13.3. The molecule has 14 heteroatoms. The van der Waals surface area contributed by atoms with Gasteiger partial charge in [-0.05, 0) is 65.7 Å². The van der Waals surface area contributed by atoms with Gasteiger partial charge in [-0.1, -0.05) is 6.07 Å². The van der Waals surface area contributed by atoms with Crippen LogP contribution in [0.1, 0.15) is 12.8 Å². The molecule has 0 amide bonds. The molecule has 0 spiro atoms. The van der Waals surface area contributed by atoms with Crippen molar-refractivity contribution in [3.63, 3.8) is 0 Å². The van der Waals surface area contributed by atoms with Crippen molar-refractivity contribution in [2.75, 3.05) is 39.4 Å². The first-order chi connectivity index (χ1) is 17.3. The van der Waals surface area contributed by atoms with Gasteiger partial charge in [0.15, 0.2) is 0 Å². The van der Waals surface area contributed by atoms with Crippen LogP contribution in [0.2, 0.25) is 0 Å². The van der Waals surface area contributed by atoms with Gasteiger partial charge in [-0.3, -0.25) is 0 Å². The van der Waals surface area contributed by atoms with Gasteiger partial charge in [0.25, 0.3) is 0 Å². The lowest BCUT2D eigenvalue weighted by atomic mass is 10.1. The highest BCUT2D eigenvalue weighted by Gasteiger charge is 2.32. The van der Waals surface area contributed by atoms with Crippen LogP contribution in [0, 0.1) is 0 Å². The fourth-order valence-electron chi connectivity index (χ4n) is 4.22. The molecule has 2 aliphatic rings. The fraction of sp³-hybridized carbons (Fsp3) is 0.409. The molecule has 0 N–H and O–H groups in total. The zero-order valence-electron chi connectivity index (χ0n) is 19.4. The zero-order chi connectivity index (χ0) is 25.2. The van der Waals surface area contributed by atoms with Gasteiger partial charge in [0.05, 0.1) is 28.7 Å². The summed E-state index contributed by atoms with van der Waals surface area (Å²) in [6, 6.07) is 12.9. The first-order valence-corrected chi connectivity index (χ1v) is 14.4. The van der Waals surface area contributed by atoms with E-state index in [1.807, 2.05) is 24.3 Å². The second-order valence-electron chi connectivity index (χ2n) is 8.46. The van der Waals surface area contributed by atoms with E-state index in [9.17, 15) is 16.8 Å². The van der Waals surface area contributed by atoms with Crippen LogP contribution in [-0.4, -0.2) is 91.2 Å². The number of aromatic nitrogens is 4. The van der Waals surface area contributed by atoms with Crippen molar-refractivity contribution in [1.82, 2.24) is 28.8 Å². The number of piperidine rings is 1. The van der Waals surface area contributed by atoms with Crippen LogP contribution in [-0.2, 0) is 24.8 Å². The van der Waals surface area contributed by atoms with Gasteiger partial charge in [-0.25, -0.2) is 21.5 Å². The number of rotatable bonds is 7. The summed E-state index contributed by atoms with van der Waals surface area (Å²) in [6.07, 6.45) is 2.39. The monoisotopic (exact) mass is 534 g/mol. The lowest BCUT2D eigenvalue weighted by Crippen LogP contribution is -2.42. The molecule has 2 saturated heterocycles. The van der Waals surface area contributed by atoms with Crippen LogP contribution in [0.15, 0.2) is 64.6 Å². The van der Waals surface area contributed by atoms with E-state index in [0.717, 1.165) is 5.69 Å². The Kier molecular flexibility index (Phi) is 7.03. The zero-order valence-corrected chi connectivity index (χ0v) is 21.0. The molecule has 12 nitrogen and oxygen atoms in total. The summed E-state index contributed by atoms with van der Waals surface area (Å²) in [5, 5.41) is 11.1. The summed E-state index contributed by atoms with van der Waals surface area (Å²) < 4.78 is 68.1. The first kappa shape index (κ1) is 24.8. The smallest absolute Gasteiger partial charge is 0.243 e. The molecular weight excluding hydrogens is 508 g/mol. The van der Waals surface area contributed by atoms with Gasteiger partial charge in [0, 0.05) is 26.2 Å². The Hall–Kier alpha value is -2.91. The van der Waals surface area contributed by atoms with E-state index in [4.69, 9.17) is 9.47 Å². The van der Waals surface area contributed by atoms with Gasteiger partial charge in [0.2, 0.25) is 20.0 Å². The number of hydrogen-bond donors (Lipinski definition) is 0. The van der Waals surface area contributed by atoms with E-state index < -0.39 is 20.0 Å². The second-order valence-corrected chi connectivity index (χ2v) is 12.3. The lowest BCUT2D eigenvalue weighted by molar-refractivity contribution is 0.0730. The van der Waals surface area contributed by atoms with Crippen LogP contribution in [0.3, 0.4) is 0 Å². The van der Waals surface area contributed by atoms with Gasteiger partial charge >= 0.3 is 0 Å². The Morgan fingerprint density at radius 2 is 1.44 bits per heavy atom. The van der Waals surface area contributed by atoms with E-state index in [0.29, 0.717) is 31.8 Å². The van der Waals surface area contributed by atoms with Crippen LogP contribution >= 0.6 is 0 Å². The summed E-state index contributed by atoms with van der Waals surface area (Å²) in [5.74, 6) is 0.675. The molecule has 192 valence electrons. The van der Waals surface area contributed by atoms with Crippen molar-refractivity contribution in [3.8, 4) is 11.4 Å². The predicted molar refractivity (Wildman–Crippen MR) is 128 cm³/mol. The minimum atomic E-state index is -3.85. The molecule has 2 aliphatic heterocycles. The Bertz CT molecular complexity index is 1380. The molecular formula is C22H26N6O6S2. The van der Waals surface area contributed by atoms with E-state index in [1.54, 1.807) is 0 Å². The van der Waals surface area contributed by atoms with Crippen molar-refractivity contribution >= 4 is 20.0 Å². The summed E-state index contributed by atoms with van der Waals surface area (Å²) in [7, 11) is -7.65. The highest BCUT2D eigenvalue weighted by atomic mass is 32.2. The number of ether oxygens (including phenoxy) is 2. The van der Waals surface area contributed by atoms with Crippen molar-refractivity contribution in [2.45, 2.75) is 28.7 Å². The third kappa shape index (κ3) is 5.13. The lowest BCUT2D eigenvalue weighted by Gasteiger charge is -2.31. The standard InChI is InChI=1S/C22H26N6O6S2/c29-35(30,21-2-1-3-22(16-21)36(31,32)27-12-14-33-15-13-27)26-10-8-20(9-11-26)34-19-6-4-18(5-7-19)28-17-23-24-25-28/h1-7,16-17,20H,8-15H2. The summed E-state index contributed by atoms with van der Waals surface area (Å²) in [4.78, 5) is -0.0665. The van der Waals surface area contributed by atoms with Gasteiger partial charge in [-0.2, -0.15) is 8.61 Å². The normalized spacial score (nSPS) is 18.8. The van der Waals surface area contributed by atoms with E-state index in [1.165, 1.54) is 43.9 Å². The number of morpholine rings is 1. The van der Waals surface area contributed by atoms with Crippen LogP contribution in [0.5, 0.6) is 5.75 Å². The number of sulfonamides is 2. The Morgan fingerprint density at radius 3 is 2.03 bits per heavy atom. The van der Waals surface area contributed by atoms with Gasteiger partial charge in [-0.15, -0.1) is 5.10 Å². The SMILES string of the molecule is O=S(=O)(c1cccc(S(=O)(=O)N2CCC(Oc3ccc(-n4cnnn4)cc3)CC2)c1)N1CCOCC1. The highest BCUT2D eigenvalue weighted by molar-refractivity contribution is 7.90. The molecule has 0 saturated carbocycles. The van der Waals surface area contributed by atoms with Crippen molar-refractivity contribution in [2.24, 2.45) is 0 Å².